The predicted octanol–water partition coefficient (Wildman–Crippen LogP) is 2.47. The number of thiocarbonyl (C=S) groups is 1. The zero-order chi connectivity index (χ0) is 27.4. The monoisotopic (exact) mass is 540 g/mol. The highest BCUT2D eigenvalue weighted by Gasteiger charge is 2.46. The molecule has 0 saturated carbocycles. The lowest BCUT2D eigenvalue weighted by Crippen LogP contribution is -2.42. The van der Waals surface area contributed by atoms with E-state index in [-0.39, 0.29) is 35.8 Å². The summed E-state index contributed by atoms with van der Waals surface area (Å²) in [5.74, 6) is -1.20. The number of hydrogen-bond donors (Lipinski definition) is 1. The van der Waals surface area contributed by atoms with E-state index in [1.54, 1.807) is 78.7 Å². The summed E-state index contributed by atoms with van der Waals surface area (Å²) in [6.45, 7) is 0.0259. The van der Waals surface area contributed by atoms with Crippen molar-refractivity contribution in [2.24, 2.45) is 12.0 Å². The van der Waals surface area contributed by atoms with Crippen molar-refractivity contribution in [3.05, 3.63) is 102 Å². The molecule has 1 atom stereocenters. The molecular weight excluding hydrogens is 516 g/mol. The van der Waals surface area contributed by atoms with Crippen LogP contribution in [0, 0.1) is 0 Å². The molecule has 5 rings (SSSR count). The van der Waals surface area contributed by atoms with Crippen molar-refractivity contribution < 1.29 is 23.9 Å². The molecule has 0 aliphatic carbocycles. The Morgan fingerprint density at radius 3 is 2.33 bits per heavy atom. The Balaban J connectivity index is 1.46. The van der Waals surface area contributed by atoms with Crippen LogP contribution in [-0.4, -0.2) is 39.0 Å². The molecule has 4 aromatic rings. The van der Waals surface area contributed by atoms with Gasteiger partial charge in [0.15, 0.2) is 12.2 Å². The van der Waals surface area contributed by atoms with Crippen LogP contribution in [0.3, 0.4) is 0 Å². The van der Waals surface area contributed by atoms with E-state index in [4.69, 9.17) is 16.7 Å². The lowest BCUT2D eigenvalue weighted by atomic mass is 10.1. The molecule has 0 bridgehead atoms. The number of carbonyl (C=O) groups excluding carboxylic acids is 2. The van der Waals surface area contributed by atoms with Crippen LogP contribution < -0.4 is 20.0 Å². The lowest BCUT2D eigenvalue weighted by molar-refractivity contribution is -0.746. The summed E-state index contributed by atoms with van der Waals surface area (Å²) in [4.78, 5) is 33.8. The van der Waals surface area contributed by atoms with Crippen LogP contribution >= 0.6 is 12.2 Å². The molecule has 39 heavy (non-hydrogen) atoms. The zero-order valence-electron chi connectivity index (χ0n) is 20.9. The van der Waals surface area contributed by atoms with Crippen molar-refractivity contribution in [1.29, 1.82) is 0 Å². The Bertz CT molecular complexity index is 1530. The van der Waals surface area contributed by atoms with Crippen LogP contribution in [0.1, 0.15) is 17.7 Å². The molecule has 1 saturated heterocycles. The average molecular weight is 541 g/mol. The van der Waals surface area contributed by atoms with Gasteiger partial charge in [-0.3, -0.25) is 19.0 Å². The van der Waals surface area contributed by atoms with Crippen LogP contribution in [0.15, 0.2) is 101 Å². The smallest absolute Gasteiger partial charge is 0.325 e. The first-order chi connectivity index (χ1) is 18.9. The molecule has 1 aliphatic heterocycles. The summed E-state index contributed by atoms with van der Waals surface area (Å²) in [6.07, 6.45) is -0.151. The van der Waals surface area contributed by atoms with E-state index < -0.39 is 11.9 Å². The average Bonchev–Trinajstić information content (AvgIpc) is 3.41. The number of nitrogens with one attached hydrogen (secondary N) is 1. The minimum Gasteiger partial charge on any atom is -0.858 e. The van der Waals surface area contributed by atoms with E-state index in [0.717, 1.165) is 0 Å². The van der Waals surface area contributed by atoms with E-state index >= 15 is 0 Å². The number of aromatic nitrogens is 2. The number of rotatable bonds is 8. The third kappa shape index (κ3) is 5.53. The fraction of sp³-hybridized carbons (Fsp3) is 0.143. The second-order valence-electron chi connectivity index (χ2n) is 8.79. The molecule has 1 fully saturated rings. The van der Waals surface area contributed by atoms with E-state index in [0.29, 0.717) is 22.6 Å². The van der Waals surface area contributed by atoms with Gasteiger partial charge in [-0.15, -0.1) is 0 Å². The van der Waals surface area contributed by atoms with Gasteiger partial charge in [-0.25, -0.2) is 4.99 Å². The topological polar surface area (TPSA) is 118 Å². The molecule has 2 amide bonds. The summed E-state index contributed by atoms with van der Waals surface area (Å²) in [5, 5.41) is 19.7. The number of anilines is 2. The van der Waals surface area contributed by atoms with Crippen LogP contribution in [-0.2, 0) is 23.2 Å². The van der Waals surface area contributed by atoms with Crippen molar-refractivity contribution in [3.63, 3.8) is 0 Å². The van der Waals surface area contributed by atoms with Gasteiger partial charge < -0.3 is 15.3 Å². The Labute approximate surface area is 229 Å². The first-order valence-electron chi connectivity index (χ1n) is 12.1. The number of benzene rings is 3. The van der Waals surface area contributed by atoms with Crippen LogP contribution in [0.25, 0.3) is 0 Å². The predicted molar refractivity (Wildman–Crippen MR) is 146 cm³/mol. The normalized spacial score (nSPS) is 15.6. The molecule has 1 unspecified atom stereocenters. The van der Waals surface area contributed by atoms with E-state index in [1.807, 2.05) is 24.3 Å². The van der Waals surface area contributed by atoms with Crippen LogP contribution in [0.5, 0.6) is 0 Å². The first-order valence-corrected chi connectivity index (χ1v) is 12.5. The van der Waals surface area contributed by atoms with Gasteiger partial charge in [0, 0.05) is 5.69 Å². The number of aliphatic imine (C=N–C) groups is 1. The maximum absolute atomic E-state index is 13.7. The summed E-state index contributed by atoms with van der Waals surface area (Å²) in [6, 6.07) is 25.6. The summed E-state index contributed by atoms with van der Waals surface area (Å²) in [5.41, 5.74) is 2.01. The molecule has 10 nitrogen and oxygen atoms in total. The van der Waals surface area contributed by atoms with Gasteiger partial charge in [0.2, 0.25) is 11.2 Å². The fourth-order valence-electron chi connectivity index (χ4n) is 4.23. The van der Waals surface area contributed by atoms with Gasteiger partial charge in [-0.2, -0.15) is 0 Å². The van der Waals surface area contributed by atoms with E-state index in [9.17, 15) is 14.7 Å². The Hall–Kier alpha value is -4.90. The molecule has 1 aliphatic rings. The van der Waals surface area contributed by atoms with Crippen molar-refractivity contribution >= 4 is 52.3 Å². The van der Waals surface area contributed by atoms with Gasteiger partial charge in [-0.05, 0) is 52.6 Å². The minimum atomic E-state index is -0.908. The zero-order valence-corrected chi connectivity index (χ0v) is 21.7. The second-order valence-corrected chi connectivity index (χ2v) is 9.15. The van der Waals surface area contributed by atoms with E-state index in [2.05, 4.69) is 15.6 Å². The lowest BCUT2D eigenvalue weighted by Gasteiger charge is -2.22. The SMILES string of the molecule is C[n+]1noc(/N=C(\[O-])c2ccccc2)c1CN1C(=S)N(c2ccccc2)C(=O)C1CC(=O)Nc1ccccc1. The van der Waals surface area contributed by atoms with Crippen LogP contribution in [0.2, 0.25) is 0 Å². The third-order valence-electron chi connectivity index (χ3n) is 6.20. The first kappa shape index (κ1) is 25.7. The number of aryl methyl sites for hydroxylation is 1. The van der Waals surface area contributed by atoms with Gasteiger partial charge in [0.1, 0.15) is 12.6 Å². The summed E-state index contributed by atoms with van der Waals surface area (Å²) in [7, 11) is 1.64. The second kappa shape index (κ2) is 11.2. The summed E-state index contributed by atoms with van der Waals surface area (Å²) >= 11 is 5.75. The number of hydrogen-bond acceptors (Lipinski definition) is 7. The Kier molecular flexibility index (Phi) is 7.41. The number of carbonyl (C=O) groups is 2. The van der Waals surface area contributed by atoms with Crippen molar-refractivity contribution in [1.82, 2.24) is 10.2 Å². The fourth-order valence-corrected chi connectivity index (χ4v) is 4.62. The highest BCUT2D eigenvalue weighted by atomic mass is 32.1. The molecule has 3 aromatic carbocycles. The number of amides is 2. The van der Waals surface area contributed by atoms with E-state index in [1.165, 1.54) is 9.58 Å². The number of nitrogens with zero attached hydrogens (tertiary/aromatic N) is 5. The maximum Gasteiger partial charge on any atom is 0.325 e. The Morgan fingerprint density at radius 1 is 1.05 bits per heavy atom. The largest absolute Gasteiger partial charge is 0.858 e. The highest BCUT2D eigenvalue weighted by molar-refractivity contribution is 7.80. The maximum atomic E-state index is 13.7. The van der Waals surface area contributed by atoms with Crippen molar-refractivity contribution in [2.75, 3.05) is 10.2 Å². The standard InChI is InChI=1S/C28H24N6O4S/c1-32-23(26(38-31-32)30-25(36)19-11-5-2-6-12-19)18-33-22(17-24(35)29-20-13-7-3-8-14-20)27(37)34(28(33)39)21-15-9-4-10-16-21/h2-16,22H,17-18H2,1H3,(H-,29,30,31,35,36). The van der Waals surface area contributed by atoms with Crippen LogP contribution in [0.4, 0.5) is 17.3 Å². The Morgan fingerprint density at radius 2 is 1.67 bits per heavy atom. The minimum absolute atomic E-state index is 0.00718. The van der Waals surface area contributed by atoms with Gasteiger partial charge in [0.25, 0.3) is 11.6 Å². The molecule has 1 N–H and O–H groups in total. The van der Waals surface area contributed by atoms with Gasteiger partial charge in [0.05, 0.1) is 12.1 Å². The highest BCUT2D eigenvalue weighted by Crippen LogP contribution is 2.30. The van der Waals surface area contributed by atoms with Gasteiger partial charge >= 0.3 is 5.88 Å². The molecular formula is C28H24N6O4S. The van der Waals surface area contributed by atoms with Crippen molar-refractivity contribution in [2.45, 2.75) is 19.0 Å². The molecule has 1 aromatic heterocycles. The molecule has 0 radical (unpaired) electrons. The van der Waals surface area contributed by atoms with Gasteiger partial charge in [-0.1, -0.05) is 66.7 Å². The summed E-state index contributed by atoms with van der Waals surface area (Å²) < 4.78 is 6.77. The molecule has 196 valence electrons. The molecule has 11 heteroatoms. The molecule has 0 spiro atoms. The quantitative estimate of drug-likeness (QED) is 0.158. The molecule has 2 heterocycles. The number of para-hydroxylation sites is 2. The third-order valence-corrected chi connectivity index (χ3v) is 6.62. The van der Waals surface area contributed by atoms with Crippen molar-refractivity contribution in [3.8, 4) is 0 Å².